The molecule has 4 aromatic rings. The van der Waals surface area contributed by atoms with Crippen molar-refractivity contribution in [1.82, 2.24) is 40.4 Å². The third kappa shape index (κ3) is 8.26. The van der Waals surface area contributed by atoms with Gasteiger partial charge in [-0.15, -0.1) is 0 Å². The van der Waals surface area contributed by atoms with Gasteiger partial charge in [0.15, 0.2) is 0 Å². The number of aromatic amines is 2. The van der Waals surface area contributed by atoms with E-state index in [9.17, 15) is 19.2 Å². The van der Waals surface area contributed by atoms with E-state index in [0.29, 0.717) is 12.5 Å². The molecule has 0 spiro atoms. The Labute approximate surface area is 334 Å². The van der Waals surface area contributed by atoms with Crippen molar-refractivity contribution < 1.29 is 28.7 Å². The van der Waals surface area contributed by atoms with Crippen LogP contribution in [0.25, 0.3) is 33.6 Å². The molecular formula is C43H56N8O6. The fourth-order valence-electron chi connectivity index (χ4n) is 8.68. The first-order chi connectivity index (χ1) is 27.0. The van der Waals surface area contributed by atoms with Crippen molar-refractivity contribution in [2.75, 3.05) is 20.8 Å². The van der Waals surface area contributed by atoms with Crippen molar-refractivity contribution in [2.24, 2.45) is 17.8 Å². The molecule has 1 saturated carbocycles. The van der Waals surface area contributed by atoms with Gasteiger partial charge in [0.25, 0.3) is 0 Å². The SMILES string of the molecule is C.COC(=O)N[C@H](C(=O)N1CCC[C@H]1c1ncc(-c2ccc(-c3ccc(-c4cnc([C@@H]5[C@H]6CC[C@H](C6)N5C(=O)[C@@H](NC(=O)OC)C(C)C)[nH]4)cc3)cc2)[nH]1)C(C)C. The number of carbonyl (C=O) groups is 4. The molecule has 2 aromatic heterocycles. The number of rotatable bonds is 11. The summed E-state index contributed by atoms with van der Waals surface area (Å²) in [5, 5.41) is 5.45. The zero-order chi connectivity index (χ0) is 39.7. The first kappa shape index (κ1) is 41.0. The van der Waals surface area contributed by atoms with Gasteiger partial charge >= 0.3 is 12.2 Å². The van der Waals surface area contributed by atoms with Gasteiger partial charge in [-0.1, -0.05) is 83.7 Å². The lowest BCUT2D eigenvalue weighted by Crippen LogP contribution is -2.54. The Morgan fingerprint density at radius 3 is 1.72 bits per heavy atom. The van der Waals surface area contributed by atoms with Gasteiger partial charge in [-0.2, -0.15) is 0 Å². The molecule has 3 aliphatic rings. The number of carbonyl (C=O) groups excluding carboxylic acids is 4. The van der Waals surface area contributed by atoms with Gasteiger partial charge in [0.2, 0.25) is 11.8 Å². The molecule has 4 heterocycles. The van der Waals surface area contributed by atoms with E-state index in [0.717, 1.165) is 77.4 Å². The molecule has 2 aromatic carbocycles. The highest BCUT2D eigenvalue weighted by Crippen LogP contribution is 2.50. The molecule has 3 fully saturated rings. The molecule has 14 nitrogen and oxygen atoms in total. The molecule has 14 heteroatoms. The number of methoxy groups -OCH3 is 2. The molecule has 6 atom stereocenters. The summed E-state index contributed by atoms with van der Waals surface area (Å²) in [6.45, 7) is 8.25. The van der Waals surface area contributed by atoms with Gasteiger partial charge in [-0.3, -0.25) is 9.59 Å². The number of imidazole rings is 2. The van der Waals surface area contributed by atoms with E-state index in [1.54, 1.807) is 6.20 Å². The second-order valence-corrected chi connectivity index (χ2v) is 15.8. The van der Waals surface area contributed by atoms with E-state index in [-0.39, 0.29) is 49.2 Å². The summed E-state index contributed by atoms with van der Waals surface area (Å²) in [5.41, 5.74) is 5.83. The minimum Gasteiger partial charge on any atom is -0.453 e. The number of likely N-dealkylation sites (tertiary alicyclic amines) is 2. The van der Waals surface area contributed by atoms with Gasteiger partial charge < -0.3 is 39.9 Å². The highest BCUT2D eigenvalue weighted by Gasteiger charge is 2.51. The summed E-state index contributed by atoms with van der Waals surface area (Å²) in [6.07, 6.45) is 6.96. The molecule has 57 heavy (non-hydrogen) atoms. The monoisotopic (exact) mass is 780 g/mol. The summed E-state index contributed by atoms with van der Waals surface area (Å²) in [7, 11) is 2.59. The van der Waals surface area contributed by atoms with Crippen LogP contribution in [0.2, 0.25) is 0 Å². The van der Waals surface area contributed by atoms with E-state index in [4.69, 9.17) is 14.5 Å². The Morgan fingerprint density at radius 1 is 0.702 bits per heavy atom. The molecule has 4 amide bonds. The summed E-state index contributed by atoms with van der Waals surface area (Å²) in [6, 6.07) is 15.0. The van der Waals surface area contributed by atoms with Gasteiger partial charge in [0.1, 0.15) is 23.7 Å². The van der Waals surface area contributed by atoms with Gasteiger partial charge in [-0.05, 0) is 72.1 Å². The molecule has 0 radical (unpaired) electrons. The molecule has 0 unspecified atom stereocenters. The van der Waals surface area contributed by atoms with Crippen LogP contribution >= 0.6 is 0 Å². The van der Waals surface area contributed by atoms with Gasteiger partial charge in [-0.25, -0.2) is 19.6 Å². The average molecular weight is 781 g/mol. The number of benzene rings is 2. The Balaban J connectivity index is 0.00000549. The van der Waals surface area contributed by atoms with Crippen LogP contribution in [0.5, 0.6) is 0 Å². The number of hydrogen-bond donors (Lipinski definition) is 4. The second-order valence-electron chi connectivity index (χ2n) is 15.8. The van der Waals surface area contributed by atoms with Gasteiger partial charge in [0.05, 0.1) is 50.1 Å². The van der Waals surface area contributed by atoms with Crippen LogP contribution in [0.15, 0.2) is 60.9 Å². The van der Waals surface area contributed by atoms with E-state index >= 15 is 0 Å². The van der Waals surface area contributed by atoms with Crippen molar-refractivity contribution in [1.29, 1.82) is 0 Å². The number of ether oxygens (including phenoxy) is 2. The topological polar surface area (TPSA) is 175 Å². The number of amides is 4. The van der Waals surface area contributed by atoms with Gasteiger partial charge in [0, 0.05) is 12.6 Å². The zero-order valence-electron chi connectivity index (χ0n) is 32.9. The number of piperidine rings is 1. The highest BCUT2D eigenvalue weighted by molar-refractivity contribution is 5.87. The van der Waals surface area contributed by atoms with Crippen molar-refractivity contribution in [2.45, 2.75) is 97.4 Å². The minimum atomic E-state index is -0.687. The number of hydrogen-bond acceptors (Lipinski definition) is 8. The third-order valence-corrected chi connectivity index (χ3v) is 11.7. The predicted molar refractivity (Wildman–Crippen MR) is 217 cm³/mol. The fourth-order valence-corrected chi connectivity index (χ4v) is 8.68. The number of alkyl carbamates (subject to hydrolysis) is 2. The fraction of sp³-hybridized carbons (Fsp3) is 0.488. The lowest BCUT2D eigenvalue weighted by Gasteiger charge is -2.37. The average Bonchev–Trinajstić information content (AvgIpc) is 4.06. The molecule has 1 aliphatic carbocycles. The predicted octanol–water partition coefficient (Wildman–Crippen LogP) is 7.25. The van der Waals surface area contributed by atoms with Crippen molar-refractivity contribution >= 4 is 24.0 Å². The van der Waals surface area contributed by atoms with E-state index in [1.165, 1.54) is 14.2 Å². The molecule has 2 aliphatic heterocycles. The normalized spacial score (nSPS) is 21.0. The summed E-state index contributed by atoms with van der Waals surface area (Å²) in [4.78, 5) is 71.7. The first-order valence-electron chi connectivity index (χ1n) is 19.6. The summed E-state index contributed by atoms with van der Waals surface area (Å²) in [5.74, 6) is 1.37. The van der Waals surface area contributed by atoms with Crippen LogP contribution in [0.1, 0.15) is 91.0 Å². The molecule has 2 saturated heterocycles. The molecule has 7 rings (SSSR count). The second kappa shape index (κ2) is 17.2. The molecular weight excluding hydrogens is 725 g/mol. The maximum Gasteiger partial charge on any atom is 0.407 e. The quantitative estimate of drug-likeness (QED) is 0.123. The number of H-pyrrole nitrogens is 2. The minimum absolute atomic E-state index is 0. The first-order valence-corrected chi connectivity index (χ1v) is 19.6. The van der Waals surface area contributed by atoms with Crippen LogP contribution in [-0.2, 0) is 19.1 Å². The maximum absolute atomic E-state index is 13.9. The zero-order valence-corrected chi connectivity index (χ0v) is 32.9. The Morgan fingerprint density at radius 2 is 1.19 bits per heavy atom. The maximum atomic E-state index is 13.9. The number of nitrogens with one attached hydrogen (secondary N) is 4. The van der Waals surface area contributed by atoms with Crippen LogP contribution in [0, 0.1) is 17.8 Å². The highest BCUT2D eigenvalue weighted by atomic mass is 16.5. The third-order valence-electron chi connectivity index (χ3n) is 11.7. The Hall–Kier alpha value is -5.66. The van der Waals surface area contributed by atoms with Crippen molar-refractivity contribution in [3.63, 3.8) is 0 Å². The van der Waals surface area contributed by atoms with E-state index in [1.807, 2.05) is 43.7 Å². The Kier molecular flexibility index (Phi) is 12.4. The number of aromatic nitrogens is 4. The smallest absolute Gasteiger partial charge is 0.407 e. The van der Waals surface area contributed by atoms with Crippen molar-refractivity contribution in [3.8, 4) is 33.6 Å². The molecule has 2 bridgehead atoms. The van der Waals surface area contributed by atoms with E-state index in [2.05, 4.69) is 74.1 Å². The largest absolute Gasteiger partial charge is 0.453 e. The molecule has 4 N–H and O–H groups in total. The Bertz CT molecular complexity index is 2040. The van der Waals surface area contributed by atoms with Crippen LogP contribution < -0.4 is 10.6 Å². The summed E-state index contributed by atoms with van der Waals surface area (Å²) < 4.78 is 9.57. The van der Waals surface area contributed by atoms with E-state index < -0.39 is 24.3 Å². The number of fused-ring (bicyclic) bond motifs is 2. The number of nitrogens with zero attached hydrogens (tertiary/aromatic N) is 4. The standard InChI is InChI=1S/C42H52N8O6.CH4/c1-23(2)34(47-41(53)55-5)39(51)49-19-7-8-33(49)37-43-21-31(45-37)27-13-9-25(10-14-27)26-11-15-28(16-12-26)32-22-44-38(46-32)36-29-17-18-30(20-29)50(36)40(52)35(24(3)4)48-42(54)56-6;/h9-16,21-24,29-30,33-36H,7-8,17-20H2,1-6H3,(H,43,45)(H,44,46)(H,47,53)(H,48,54);1H4/t29-,30+,33-,34-,35-,36-;/m0./s1. The van der Waals surface area contributed by atoms with Crippen LogP contribution in [0.4, 0.5) is 9.59 Å². The van der Waals surface area contributed by atoms with Crippen molar-refractivity contribution in [3.05, 3.63) is 72.6 Å². The summed E-state index contributed by atoms with van der Waals surface area (Å²) >= 11 is 0. The lowest BCUT2D eigenvalue weighted by molar-refractivity contribution is -0.139. The van der Waals surface area contributed by atoms with Crippen LogP contribution in [-0.4, -0.2) is 92.6 Å². The van der Waals surface area contributed by atoms with Crippen LogP contribution in [0.3, 0.4) is 0 Å². The molecule has 304 valence electrons. The lowest BCUT2D eigenvalue weighted by atomic mass is 9.95.